The van der Waals surface area contributed by atoms with Crippen LogP contribution in [0.5, 0.6) is 11.5 Å². The van der Waals surface area contributed by atoms with Gasteiger partial charge in [-0.15, -0.1) is 0 Å². The number of aromatic nitrogens is 1. The molecule has 0 aliphatic heterocycles. The third kappa shape index (κ3) is 4.28. The smallest absolute Gasteiger partial charge is 0.259 e. The van der Waals surface area contributed by atoms with Crippen molar-refractivity contribution in [3.63, 3.8) is 0 Å². The van der Waals surface area contributed by atoms with Crippen molar-refractivity contribution in [2.75, 3.05) is 27.3 Å². The first-order valence-corrected chi connectivity index (χ1v) is 8.64. The molecule has 0 aliphatic carbocycles. The molecule has 0 unspecified atom stereocenters. The highest BCUT2D eigenvalue weighted by Crippen LogP contribution is 2.26. The van der Waals surface area contributed by atoms with E-state index >= 15 is 0 Å². The summed E-state index contributed by atoms with van der Waals surface area (Å²) in [6.45, 7) is 2.55. The molecule has 1 heterocycles. The first kappa shape index (κ1) is 18.5. The third-order valence-corrected chi connectivity index (χ3v) is 4.23. The van der Waals surface area contributed by atoms with Crippen LogP contribution in [0.3, 0.4) is 0 Å². The summed E-state index contributed by atoms with van der Waals surface area (Å²) in [6, 6.07) is 16.9. The van der Waals surface area contributed by atoms with Gasteiger partial charge in [0.05, 0.1) is 13.7 Å². The van der Waals surface area contributed by atoms with Crippen LogP contribution in [-0.2, 0) is 0 Å². The van der Waals surface area contributed by atoms with E-state index in [1.54, 1.807) is 26.0 Å². The number of likely N-dealkylation sites (N-methyl/N-ethyl adjacent to an activating group) is 1. The first-order chi connectivity index (χ1) is 13.1. The fraction of sp³-hybridized carbons (Fsp3) is 0.238. The van der Waals surface area contributed by atoms with Gasteiger partial charge in [0.15, 0.2) is 0 Å². The van der Waals surface area contributed by atoms with Crippen molar-refractivity contribution in [1.29, 1.82) is 0 Å². The molecule has 1 amide bonds. The van der Waals surface area contributed by atoms with Crippen LogP contribution >= 0.6 is 0 Å². The molecular formula is C21H22N2O4. The number of amides is 1. The SMILES string of the molecule is COc1ccc(OCCN(C)C(=O)c2c(-c3ccccc3)noc2C)cc1. The Balaban J connectivity index is 1.64. The summed E-state index contributed by atoms with van der Waals surface area (Å²) in [6.07, 6.45) is 0. The number of ether oxygens (including phenoxy) is 2. The summed E-state index contributed by atoms with van der Waals surface area (Å²) >= 11 is 0. The highest BCUT2D eigenvalue weighted by atomic mass is 16.5. The van der Waals surface area contributed by atoms with Crippen LogP contribution in [0.25, 0.3) is 11.3 Å². The van der Waals surface area contributed by atoms with Gasteiger partial charge in [0.25, 0.3) is 5.91 Å². The Morgan fingerprint density at radius 2 is 1.74 bits per heavy atom. The maximum atomic E-state index is 12.9. The number of rotatable bonds is 7. The topological polar surface area (TPSA) is 64.8 Å². The molecule has 0 saturated heterocycles. The van der Waals surface area contributed by atoms with Crippen molar-refractivity contribution in [2.45, 2.75) is 6.92 Å². The lowest BCUT2D eigenvalue weighted by molar-refractivity contribution is 0.0772. The zero-order chi connectivity index (χ0) is 19.2. The Morgan fingerprint density at radius 3 is 2.41 bits per heavy atom. The summed E-state index contributed by atoms with van der Waals surface area (Å²) in [7, 11) is 3.35. The molecule has 0 radical (unpaired) electrons. The molecular weight excluding hydrogens is 344 g/mol. The predicted molar refractivity (Wildman–Crippen MR) is 102 cm³/mol. The summed E-state index contributed by atoms with van der Waals surface area (Å²) in [5, 5.41) is 4.07. The van der Waals surface area contributed by atoms with Gasteiger partial charge < -0.3 is 18.9 Å². The lowest BCUT2D eigenvalue weighted by Gasteiger charge is -2.17. The quantitative estimate of drug-likeness (QED) is 0.636. The van der Waals surface area contributed by atoms with E-state index in [1.165, 1.54) is 0 Å². The summed E-state index contributed by atoms with van der Waals surface area (Å²) < 4.78 is 16.1. The van der Waals surface area contributed by atoms with Gasteiger partial charge in [-0.3, -0.25) is 4.79 Å². The number of hydrogen-bond donors (Lipinski definition) is 0. The zero-order valence-electron chi connectivity index (χ0n) is 15.6. The second-order valence-corrected chi connectivity index (χ2v) is 6.08. The predicted octanol–water partition coefficient (Wildman–Crippen LogP) is 3.81. The monoisotopic (exact) mass is 366 g/mol. The van der Waals surface area contributed by atoms with Crippen molar-refractivity contribution in [3.8, 4) is 22.8 Å². The Bertz CT molecular complexity index is 888. The highest BCUT2D eigenvalue weighted by molar-refractivity contribution is 6.00. The molecule has 0 N–H and O–H groups in total. The van der Waals surface area contributed by atoms with Gasteiger partial charge in [-0.1, -0.05) is 35.5 Å². The molecule has 0 saturated carbocycles. The zero-order valence-corrected chi connectivity index (χ0v) is 15.6. The molecule has 3 rings (SSSR count). The van der Waals surface area contributed by atoms with Crippen LogP contribution in [0.1, 0.15) is 16.1 Å². The average Bonchev–Trinajstić information content (AvgIpc) is 3.10. The van der Waals surface area contributed by atoms with E-state index in [0.717, 1.165) is 17.1 Å². The maximum Gasteiger partial charge on any atom is 0.259 e. The van der Waals surface area contributed by atoms with E-state index < -0.39 is 0 Å². The lowest BCUT2D eigenvalue weighted by Crippen LogP contribution is -2.31. The molecule has 0 fully saturated rings. The standard InChI is InChI=1S/C21H22N2O4/c1-15-19(20(22-27-15)16-7-5-4-6-8-16)21(24)23(2)13-14-26-18-11-9-17(25-3)10-12-18/h4-12H,13-14H2,1-3H3. The van der Waals surface area contributed by atoms with Crippen LogP contribution in [0, 0.1) is 6.92 Å². The summed E-state index contributed by atoms with van der Waals surface area (Å²) in [5.74, 6) is 1.85. The third-order valence-electron chi connectivity index (χ3n) is 4.23. The fourth-order valence-corrected chi connectivity index (χ4v) is 2.68. The van der Waals surface area contributed by atoms with Crippen molar-refractivity contribution < 1.29 is 18.8 Å². The average molecular weight is 366 g/mol. The number of aryl methyl sites for hydroxylation is 1. The van der Waals surface area contributed by atoms with Crippen LogP contribution in [0.15, 0.2) is 59.1 Å². The minimum absolute atomic E-state index is 0.147. The van der Waals surface area contributed by atoms with Gasteiger partial charge in [-0.2, -0.15) is 0 Å². The number of methoxy groups -OCH3 is 1. The Kier molecular flexibility index (Phi) is 5.76. The Morgan fingerprint density at radius 1 is 1.07 bits per heavy atom. The van der Waals surface area contributed by atoms with Crippen molar-refractivity contribution in [2.24, 2.45) is 0 Å². The van der Waals surface area contributed by atoms with E-state index in [1.807, 2.05) is 54.6 Å². The van der Waals surface area contributed by atoms with E-state index in [4.69, 9.17) is 14.0 Å². The molecule has 27 heavy (non-hydrogen) atoms. The lowest BCUT2D eigenvalue weighted by atomic mass is 10.1. The maximum absolute atomic E-state index is 12.9. The number of carbonyl (C=O) groups is 1. The van der Waals surface area contributed by atoms with Crippen molar-refractivity contribution in [3.05, 3.63) is 65.9 Å². The minimum Gasteiger partial charge on any atom is -0.497 e. The van der Waals surface area contributed by atoms with Crippen LogP contribution in [-0.4, -0.2) is 43.3 Å². The fourth-order valence-electron chi connectivity index (χ4n) is 2.68. The van der Waals surface area contributed by atoms with E-state index in [9.17, 15) is 4.79 Å². The molecule has 0 atom stereocenters. The first-order valence-electron chi connectivity index (χ1n) is 8.64. The van der Waals surface area contributed by atoms with E-state index in [-0.39, 0.29) is 5.91 Å². The van der Waals surface area contributed by atoms with Gasteiger partial charge >= 0.3 is 0 Å². The van der Waals surface area contributed by atoms with Crippen LogP contribution < -0.4 is 9.47 Å². The van der Waals surface area contributed by atoms with E-state index in [2.05, 4.69) is 5.16 Å². The number of hydrogen-bond acceptors (Lipinski definition) is 5. The molecule has 0 aliphatic rings. The number of benzene rings is 2. The number of nitrogens with zero attached hydrogens (tertiary/aromatic N) is 2. The van der Waals surface area contributed by atoms with Crippen LogP contribution in [0.2, 0.25) is 0 Å². The van der Waals surface area contributed by atoms with Crippen molar-refractivity contribution >= 4 is 5.91 Å². The highest BCUT2D eigenvalue weighted by Gasteiger charge is 2.24. The van der Waals surface area contributed by atoms with Crippen molar-refractivity contribution in [1.82, 2.24) is 10.1 Å². The second kappa shape index (κ2) is 8.40. The Labute approximate surface area is 158 Å². The second-order valence-electron chi connectivity index (χ2n) is 6.08. The minimum atomic E-state index is -0.147. The van der Waals surface area contributed by atoms with Gasteiger partial charge in [0.1, 0.15) is 35.1 Å². The van der Waals surface area contributed by atoms with Gasteiger partial charge in [-0.05, 0) is 31.2 Å². The largest absolute Gasteiger partial charge is 0.497 e. The van der Waals surface area contributed by atoms with Crippen LogP contribution in [0.4, 0.5) is 0 Å². The van der Waals surface area contributed by atoms with E-state index in [0.29, 0.717) is 30.2 Å². The molecule has 0 bridgehead atoms. The normalized spacial score (nSPS) is 10.5. The molecule has 0 spiro atoms. The van der Waals surface area contributed by atoms with Gasteiger partial charge in [0.2, 0.25) is 0 Å². The molecule has 140 valence electrons. The number of carbonyl (C=O) groups excluding carboxylic acids is 1. The molecule has 2 aromatic carbocycles. The molecule has 6 heteroatoms. The molecule has 3 aromatic rings. The summed E-state index contributed by atoms with van der Waals surface area (Å²) in [5.41, 5.74) is 1.88. The van der Waals surface area contributed by atoms with Gasteiger partial charge in [0, 0.05) is 12.6 Å². The van der Waals surface area contributed by atoms with Gasteiger partial charge in [-0.25, -0.2) is 0 Å². The summed E-state index contributed by atoms with van der Waals surface area (Å²) in [4.78, 5) is 14.5. The Hall–Kier alpha value is -3.28. The molecule has 1 aromatic heterocycles. The molecule has 6 nitrogen and oxygen atoms in total.